The maximum Gasteiger partial charge on any atom is 0.347 e. The predicted octanol–water partition coefficient (Wildman–Crippen LogP) is 3.70. The fraction of sp³-hybridized carbons (Fsp3) is 0.579. The normalized spacial score (nSPS) is 20.3. The van der Waals surface area contributed by atoms with Gasteiger partial charge in [0.1, 0.15) is 24.2 Å². The number of carbonyl (C=O) groups excluding carboxylic acids is 1. The molecule has 2 atom stereocenters. The summed E-state index contributed by atoms with van der Waals surface area (Å²) in [5, 5.41) is 4.14. The van der Waals surface area contributed by atoms with Crippen LogP contribution in [0.3, 0.4) is 0 Å². The molecule has 1 heterocycles. The molecule has 142 valence electrons. The first-order valence-corrected chi connectivity index (χ1v) is 9.86. The number of hydrogen-bond acceptors (Lipinski definition) is 6. The highest BCUT2D eigenvalue weighted by molar-refractivity contribution is 9.10. The minimum atomic E-state index is -0.615. The first-order valence-electron chi connectivity index (χ1n) is 9.07. The minimum Gasteiger partial charge on any atom is -0.478 e. The van der Waals surface area contributed by atoms with Crippen LogP contribution in [0.2, 0.25) is 0 Å². The number of esters is 1. The summed E-state index contributed by atoms with van der Waals surface area (Å²) in [6.07, 6.45) is 2.09. The fourth-order valence-electron chi connectivity index (χ4n) is 2.91. The molecule has 1 aliphatic carbocycles. The summed E-state index contributed by atoms with van der Waals surface area (Å²) in [7, 11) is 0. The summed E-state index contributed by atoms with van der Waals surface area (Å²) in [4.78, 5) is 17.6. The van der Waals surface area contributed by atoms with Gasteiger partial charge in [0, 0.05) is 16.6 Å². The Labute approximate surface area is 161 Å². The largest absolute Gasteiger partial charge is 0.478 e. The fourth-order valence-corrected chi connectivity index (χ4v) is 3.27. The zero-order valence-electron chi connectivity index (χ0n) is 15.1. The van der Waals surface area contributed by atoms with Gasteiger partial charge >= 0.3 is 5.97 Å². The molecule has 0 bridgehead atoms. The zero-order chi connectivity index (χ0) is 18.5. The van der Waals surface area contributed by atoms with Crippen molar-refractivity contribution >= 4 is 27.6 Å². The zero-order valence-corrected chi connectivity index (χ0v) is 16.7. The average Bonchev–Trinajstić information content (AvgIpc) is 3.32. The Hall–Kier alpha value is -1.60. The molecular weight excluding hydrogens is 402 g/mol. The molecule has 0 N–H and O–H groups in total. The number of hydrogen-bond donors (Lipinski definition) is 0. The van der Waals surface area contributed by atoms with Gasteiger partial charge < -0.3 is 19.0 Å². The molecule has 1 saturated carbocycles. The molecule has 0 amide bonds. The molecular formula is C19H24BrNO5. The maximum atomic E-state index is 12.3. The number of ether oxygens (including phenoxy) is 3. The lowest BCUT2D eigenvalue weighted by Crippen LogP contribution is -2.31. The summed E-state index contributed by atoms with van der Waals surface area (Å²) in [6, 6.07) is 5.63. The molecule has 0 saturated heterocycles. The smallest absolute Gasteiger partial charge is 0.347 e. The lowest BCUT2D eigenvalue weighted by Gasteiger charge is -2.20. The highest BCUT2D eigenvalue weighted by atomic mass is 79.9. The van der Waals surface area contributed by atoms with Crippen molar-refractivity contribution in [3.8, 4) is 5.75 Å². The highest BCUT2D eigenvalue weighted by Crippen LogP contribution is 2.36. The van der Waals surface area contributed by atoms with Crippen molar-refractivity contribution < 1.29 is 23.8 Å². The van der Waals surface area contributed by atoms with Crippen molar-refractivity contribution in [1.82, 2.24) is 0 Å². The van der Waals surface area contributed by atoms with Crippen LogP contribution in [0.25, 0.3) is 0 Å². The van der Waals surface area contributed by atoms with Gasteiger partial charge in [-0.1, -0.05) is 33.9 Å². The number of benzene rings is 1. The SMILES string of the molecule is CCOC(=O)[C@H](CC1CC1)Oc1ccc(Br)cc1C1=NOCC1OCC. The van der Waals surface area contributed by atoms with Crippen LogP contribution >= 0.6 is 15.9 Å². The van der Waals surface area contributed by atoms with E-state index in [-0.39, 0.29) is 12.1 Å². The summed E-state index contributed by atoms with van der Waals surface area (Å²) in [5.41, 5.74) is 1.44. The summed E-state index contributed by atoms with van der Waals surface area (Å²) < 4.78 is 17.9. The van der Waals surface area contributed by atoms with E-state index < -0.39 is 6.10 Å². The first kappa shape index (κ1) is 19.2. The van der Waals surface area contributed by atoms with Crippen LogP contribution in [-0.4, -0.2) is 43.7 Å². The topological polar surface area (TPSA) is 66.4 Å². The van der Waals surface area contributed by atoms with Crippen LogP contribution in [0.15, 0.2) is 27.8 Å². The Balaban J connectivity index is 1.85. The van der Waals surface area contributed by atoms with E-state index in [1.54, 1.807) is 6.92 Å². The molecule has 0 spiro atoms. The lowest BCUT2D eigenvalue weighted by atomic mass is 10.0. The van der Waals surface area contributed by atoms with Crippen LogP contribution in [-0.2, 0) is 19.1 Å². The number of nitrogens with zero attached hydrogens (tertiary/aromatic N) is 1. The molecule has 7 heteroatoms. The van der Waals surface area contributed by atoms with E-state index in [2.05, 4.69) is 21.1 Å². The molecule has 0 radical (unpaired) electrons. The second kappa shape index (κ2) is 8.86. The van der Waals surface area contributed by atoms with Gasteiger partial charge in [0.2, 0.25) is 0 Å². The van der Waals surface area contributed by atoms with Crippen LogP contribution in [0.5, 0.6) is 5.75 Å². The van der Waals surface area contributed by atoms with Gasteiger partial charge in [-0.2, -0.15) is 0 Å². The van der Waals surface area contributed by atoms with Crippen LogP contribution in [0, 0.1) is 5.92 Å². The van der Waals surface area contributed by atoms with Gasteiger partial charge in [-0.15, -0.1) is 0 Å². The second-order valence-corrected chi connectivity index (χ2v) is 7.31. The molecule has 1 aromatic carbocycles. The van der Waals surface area contributed by atoms with Gasteiger partial charge in [-0.25, -0.2) is 4.79 Å². The molecule has 1 aliphatic heterocycles. The van der Waals surface area contributed by atoms with Crippen molar-refractivity contribution in [3.63, 3.8) is 0 Å². The molecule has 3 rings (SSSR count). The number of oxime groups is 1. The molecule has 1 fully saturated rings. The molecule has 26 heavy (non-hydrogen) atoms. The van der Waals surface area contributed by atoms with Crippen molar-refractivity contribution in [2.75, 3.05) is 19.8 Å². The van der Waals surface area contributed by atoms with E-state index in [9.17, 15) is 4.79 Å². The lowest BCUT2D eigenvalue weighted by molar-refractivity contribution is -0.151. The van der Waals surface area contributed by atoms with Gasteiger partial charge in [-0.05, 0) is 44.4 Å². The molecule has 1 unspecified atom stereocenters. The third-order valence-corrected chi connectivity index (χ3v) is 4.84. The van der Waals surface area contributed by atoms with Crippen molar-refractivity contribution in [1.29, 1.82) is 0 Å². The van der Waals surface area contributed by atoms with Crippen LogP contribution in [0.4, 0.5) is 0 Å². The summed E-state index contributed by atoms with van der Waals surface area (Å²) in [5.74, 6) is 0.798. The Morgan fingerprint density at radius 1 is 1.35 bits per heavy atom. The van der Waals surface area contributed by atoms with E-state index >= 15 is 0 Å². The average molecular weight is 426 g/mol. The van der Waals surface area contributed by atoms with E-state index in [1.807, 2.05) is 25.1 Å². The van der Waals surface area contributed by atoms with E-state index in [0.717, 1.165) is 22.9 Å². The number of rotatable bonds is 9. The van der Waals surface area contributed by atoms with E-state index in [4.69, 9.17) is 19.0 Å². The van der Waals surface area contributed by atoms with E-state index in [0.29, 0.717) is 43.6 Å². The predicted molar refractivity (Wildman–Crippen MR) is 100 cm³/mol. The molecule has 1 aromatic rings. The number of carbonyl (C=O) groups is 1. The Morgan fingerprint density at radius 2 is 2.15 bits per heavy atom. The van der Waals surface area contributed by atoms with Gasteiger partial charge in [-0.3, -0.25) is 0 Å². The van der Waals surface area contributed by atoms with E-state index in [1.165, 1.54) is 0 Å². The molecule has 0 aromatic heterocycles. The molecule has 2 aliphatic rings. The van der Waals surface area contributed by atoms with Crippen LogP contribution < -0.4 is 4.74 Å². The Bertz CT molecular complexity index is 674. The second-order valence-electron chi connectivity index (χ2n) is 6.39. The van der Waals surface area contributed by atoms with Crippen molar-refractivity contribution in [2.45, 2.75) is 45.3 Å². The molecule has 6 nitrogen and oxygen atoms in total. The van der Waals surface area contributed by atoms with Crippen LogP contribution in [0.1, 0.15) is 38.7 Å². The van der Waals surface area contributed by atoms with Crippen molar-refractivity contribution in [2.24, 2.45) is 11.1 Å². The third kappa shape index (κ3) is 4.76. The maximum absolute atomic E-state index is 12.3. The standard InChI is InChI=1S/C19H24BrNO5/c1-3-23-17-11-25-21-18(17)14-10-13(20)7-8-15(14)26-16(9-12-5-6-12)19(22)24-4-2/h7-8,10,12,16-17H,3-6,9,11H2,1-2H3/t16-,17?/m0/s1. The van der Waals surface area contributed by atoms with Gasteiger partial charge in [0.05, 0.1) is 6.61 Å². The highest BCUT2D eigenvalue weighted by Gasteiger charge is 2.34. The minimum absolute atomic E-state index is 0.249. The Kier molecular flexibility index (Phi) is 6.53. The summed E-state index contributed by atoms with van der Waals surface area (Å²) >= 11 is 3.49. The third-order valence-electron chi connectivity index (χ3n) is 4.34. The quantitative estimate of drug-likeness (QED) is 0.564. The number of halogens is 1. The van der Waals surface area contributed by atoms with Crippen molar-refractivity contribution in [3.05, 3.63) is 28.2 Å². The summed E-state index contributed by atoms with van der Waals surface area (Å²) in [6.45, 7) is 5.00. The first-order chi connectivity index (χ1) is 12.6. The van der Waals surface area contributed by atoms with Gasteiger partial charge in [0.25, 0.3) is 0 Å². The monoisotopic (exact) mass is 425 g/mol. The van der Waals surface area contributed by atoms with Gasteiger partial charge in [0.15, 0.2) is 6.10 Å². The Morgan fingerprint density at radius 3 is 2.85 bits per heavy atom.